The summed E-state index contributed by atoms with van der Waals surface area (Å²) in [6.45, 7) is 1.19. The third-order valence-electron chi connectivity index (χ3n) is 4.02. The molecule has 2 heterocycles. The Morgan fingerprint density at radius 3 is 2.55 bits per heavy atom. The molecule has 3 rings (SSSR count). The van der Waals surface area contributed by atoms with Crippen LogP contribution in [-0.4, -0.2) is 39.2 Å². The van der Waals surface area contributed by atoms with Crippen LogP contribution in [0.3, 0.4) is 0 Å². The minimum atomic E-state index is -0.604. The minimum Gasteiger partial charge on any atom is -0.350 e. The van der Waals surface area contributed by atoms with Gasteiger partial charge in [0, 0.05) is 49.4 Å². The van der Waals surface area contributed by atoms with Gasteiger partial charge >= 0.3 is 0 Å². The van der Waals surface area contributed by atoms with Crippen LogP contribution in [0.15, 0.2) is 24.4 Å². The quantitative estimate of drug-likeness (QED) is 0.375. The number of fused-ring (bicyclic) bond motifs is 1. The number of Topliss-reactive ketones (excluding diaryl/α,β-unsaturated/α-hetero) is 1. The molecule has 1 saturated heterocycles. The second-order valence-electron chi connectivity index (χ2n) is 5.44. The molecule has 0 saturated carbocycles. The number of hydrogen-bond acceptors (Lipinski definition) is 4. The first-order valence-corrected chi connectivity index (χ1v) is 7.06. The van der Waals surface area contributed by atoms with Gasteiger partial charge in [0.05, 0.1) is 10.5 Å². The molecule has 0 bridgehead atoms. The van der Waals surface area contributed by atoms with Crippen LogP contribution in [0.2, 0.25) is 0 Å². The van der Waals surface area contributed by atoms with E-state index in [2.05, 4.69) is 0 Å². The summed E-state index contributed by atoms with van der Waals surface area (Å²) in [7, 11) is 1.74. The molecular weight excluding hydrogens is 286 g/mol. The number of hydrogen-bond donors (Lipinski definition) is 0. The highest BCUT2D eigenvalue weighted by atomic mass is 16.6. The van der Waals surface area contributed by atoms with Crippen LogP contribution in [0, 0.1) is 10.1 Å². The number of aryl methyl sites for hydroxylation is 1. The maximum atomic E-state index is 12.5. The van der Waals surface area contributed by atoms with Crippen molar-refractivity contribution in [3.8, 4) is 0 Å². The van der Waals surface area contributed by atoms with Crippen molar-refractivity contribution in [3.63, 3.8) is 0 Å². The molecule has 2 aromatic rings. The zero-order chi connectivity index (χ0) is 15.9. The van der Waals surface area contributed by atoms with Gasteiger partial charge in [-0.2, -0.15) is 0 Å². The van der Waals surface area contributed by atoms with Crippen molar-refractivity contribution >= 4 is 28.3 Å². The van der Waals surface area contributed by atoms with E-state index in [1.807, 2.05) is 0 Å². The van der Waals surface area contributed by atoms with Crippen molar-refractivity contribution in [2.45, 2.75) is 12.8 Å². The molecule has 7 nitrogen and oxygen atoms in total. The number of carbonyl (C=O) groups excluding carboxylic acids is 2. The lowest BCUT2D eigenvalue weighted by atomic mass is 10.1. The highest BCUT2D eigenvalue weighted by Crippen LogP contribution is 2.26. The van der Waals surface area contributed by atoms with E-state index in [0.717, 1.165) is 12.8 Å². The Morgan fingerprint density at radius 1 is 1.23 bits per heavy atom. The number of amides is 1. The molecule has 1 amide bonds. The number of non-ortho nitro benzene ring substituents is 1. The van der Waals surface area contributed by atoms with E-state index in [4.69, 9.17) is 0 Å². The zero-order valence-electron chi connectivity index (χ0n) is 12.1. The average Bonchev–Trinajstić information content (AvgIpc) is 3.14. The molecule has 1 fully saturated rings. The van der Waals surface area contributed by atoms with E-state index in [9.17, 15) is 19.7 Å². The summed E-state index contributed by atoms with van der Waals surface area (Å²) in [6, 6.07) is 4.32. The highest BCUT2D eigenvalue weighted by Gasteiger charge is 2.28. The number of rotatable bonds is 3. The van der Waals surface area contributed by atoms with Crippen molar-refractivity contribution in [2.24, 2.45) is 7.05 Å². The van der Waals surface area contributed by atoms with Crippen LogP contribution in [0.25, 0.3) is 10.9 Å². The first-order chi connectivity index (χ1) is 10.5. The van der Waals surface area contributed by atoms with Gasteiger partial charge in [0.25, 0.3) is 17.4 Å². The third kappa shape index (κ3) is 2.24. The lowest BCUT2D eigenvalue weighted by Crippen LogP contribution is -2.34. The van der Waals surface area contributed by atoms with Gasteiger partial charge in [0.1, 0.15) is 0 Å². The Balaban J connectivity index is 2.05. The average molecular weight is 301 g/mol. The molecule has 0 radical (unpaired) electrons. The molecule has 114 valence electrons. The number of carbonyl (C=O) groups is 2. The standard InChI is InChI=1S/C15H15N3O4/c1-16-9-12(14(19)15(20)17-6-2-3-7-17)11-8-10(18(21)22)4-5-13(11)16/h4-5,8-9H,2-3,6-7H2,1H3. The number of nitro benzene ring substituents is 1. The molecular formula is C15H15N3O4. The van der Waals surface area contributed by atoms with E-state index in [-0.39, 0.29) is 11.3 Å². The van der Waals surface area contributed by atoms with Crippen molar-refractivity contribution < 1.29 is 14.5 Å². The Kier molecular flexibility index (Phi) is 3.40. The third-order valence-corrected chi connectivity index (χ3v) is 4.02. The van der Waals surface area contributed by atoms with Gasteiger partial charge in [-0.15, -0.1) is 0 Å². The van der Waals surface area contributed by atoms with Gasteiger partial charge in [-0.1, -0.05) is 0 Å². The van der Waals surface area contributed by atoms with Gasteiger partial charge in [-0.05, 0) is 18.9 Å². The fraction of sp³-hybridized carbons (Fsp3) is 0.333. The molecule has 0 atom stereocenters. The molecule has 1 aliphatic heterocycles. The molecule has 0 aliphatic carbocycles. The summed E-state index contributed by atoms with van der Waals surface area (Å²) in [5.74, 6) is -1.13. The summed E-state index contributed by atoms with van der Waals surface area (Å²) >= 11 is 0. The summed E-state index contributed by atoms with van der Waals surface area (Å²) in [5.41, 5.74) is 0.808. The number of benzene rings is 1. The number of likely N-dealkylation sites (tertiary alicyclic amines) is 1. The first-order valence-electron chi connectivity index (χ1n) is 7.06. The fourth-order valence-corrected chi connectivity index (χ4v) is 2.85. The maximum absolute atomic E-state index is 12.5. The SMILES string of the molecule is Cn1cc(C(=O)C(=O)N2CCCC2)c2cc([N+](=O)[O-])ccc21. The van der Waals surface area contributed by atoms with Gasteiger partial charge in [-0.25, -0.2) is 0 Å². The van der Waals surface area contributed by atoms with Crippen molar-refractivity contribution in [3.05, 3.63) is 40.1 Å². The Bertz CT molecular complexity index is 787. The molecule has 1 aromatic heterocycles. The van der Waals surface area contributed by atoms with Crippen LogP contribution < -0.4 is 0 Å². The number of ketones is 1. The van der Waals surface area contributed by atoms with Gasteiger partial charge in [0.15, 0.2) is 0 Å². The predicted molar refractivity (Wildman–Crippen MR) is 79.7 cm³/mol. The van der Waals surface area contributed by atoms with Crippen LogP contribution >= 0.6 is 0 Å². The van der Waals surface area contributed by atoms with Crippen molar-refractivity contribution in [1.29, 1.82) is 0 Å². The zero-order valence-corrected chi connectivity index (χ0v) is 12.1. The smallest absolute Gasteiger partial charge is 0.295 e. The molecule has 0 N–H and O–H groups in total. The molecule has 22 heavy (non-hydrogen) atoms. The summed E-state index contributed by atoms with van der Waals surface area (Å²) in [5, 5.41) is 11.4. The van der Waals surface area contributed by atoms with E-state index in [0.29, 0.717) is 24.0 Å². The maximum Gasteiger partial charge on any atom is 0.295 e. The Morgan fingerprint density at radius 2 is 1.91 bits per heavy atom. The monoisotopic (exact) mass is 301 g/mol. The summed E-state index contributed by atoms with van der Waals surface area (Å²) in [6.07, 6.45) is 3.37. The predicted octanol–water partition coefficient (Wildman–Crippen LogP) is 1.89. The molecule has 7 heteroatoms. The van der Waals surface area contributed by atoms with Gasteiger partial charge in [-0.3, -0.25) is 19.7 Å². The molecule has 0 unspecified atom stereocenters. The van der Waals surface area contributed by atoms with E-state index in [1.165, 1.54) is 12.1 Å². The topological polar surface area (TPSA) is 85.5 Å². The number of nitro groups is 1. The largest absolute Gasteiger partial charge is 0.350 e. The second kappa shape index (κ2) is 5.25. The minimum absolute atomic E-state index is 0.0960. The lowest BCUT2D eigenvalue weighted by Gasteiger charge is -2.13. The molecule has 1 aliphatic rings. The lowest BCUT2D eigenvalue weighted by molar-refractivity contribution is -0.384. The van der Waals surface area contributed by atoms with Crippen molar-refractivity contribution in [2.75, 3.05) is 13.1 Å². The first kappa shape index (κ1) is 14.2. The number of nitrogens with zero attached hydrogens (tertiary/aromatic N) is 3. The van der Waals surface area contributed by atoms with Crippen molar-refractivity contribution in [1.82, 2.24) is 9.47 Å². The summed E-state index contributed by atoms with van der Waals surface area (Å²) < 4.78 is 1.70. The van der Waals surface area contributed by atoms with E-state index in [1.54, 1.807) is 28.8 Å². The van der Waals surface area contributed by atoms with Crippen LogP contribution in [0.4, 0.5) is 5.69 Å². The Hall–Kier alpha value is -2.70. The van der Waals surface area contributed by atoms with Crippen LogP contribution in [0.5, 0.6) is 0 Å². The number of aromatic nitrogens is 1. The van der Waals surface area contributed by atoms with E-state index < -0.39 is 16.6 Å². The van der Waals surface area contributed by atoms with Gasteiger partial charge < -0.3 is 9.47 Å². The van der Waals surface area contributed by atoms with E-state index >= 15 is 0 Å². The molecule has 1 aromatic carbocycles. The van der Waals surface area contributed by atoms with Crippen LogP contribution in [0.1, 0.15) is 23.2 Å². The molecule has 0 spiro atoms. The van der Waals surface area contributed by atoms with Crippen LogP contribution in [-0.2, 0) is 11.8 Å². The fourth-order valence-electron chi connectivity index (χ4n) is 2.85. The Labute approximate surface area is 126 Å². The normalized spacial score (nSPS) is 14.5. The highest BCUT2D eigenvalue weighted by molar-refractivity contribution is 6.45. The second-order valence-corrected chi connectivity index (χ2v) is 5.44. The van der Waals surface area contributed by atoms with Gasteiger partial charge in [0.2, 0.25) is 0 Å². The summed E-state index contributed by atoms with van der Waals surface area (Å²) in [4.78, 5) is 36.7.